The van der Waals surface area contributed by atoms with E-state index < -0.39 is 12.1 Å². The summed E-state index contributed by atoms with van der Waals surface area (Å²) in [5.41, 5.74) is 1.66. The first-order valence-corrected chi connectivity index (χ1v) is 9.87. The van der Waals surface area contributed by atoms with Crippen LogP contribution in [0.15, 0.2) is 53.9 Å². The summed E-state index contributed by atoms with van der Waals surface area (Å²) in [5.74, 6) is 0.425. The van der Waals surface area contributed by atoms with E-state index in [1.807, 2.05) is 12.3 Å². The van der Waals surface area contributed by atoms with Crippen LogP contribution in [-0.4, -0.2) is 30.0 Å². The maximum Gasteiger partial charge on any atom is 0.338 e. The summed E-state index contributed by atoms with van der Waals surface area (Å²) >= 11 is 1.57. The fourth-order valence-corrected chi connectivity index (χ4v) is 3.19. The zero-order valence-corrected chi connectivity index (χ0v) is 17.2. The Kier molecular flexibility index (Phi) is 6.61. The number of carbonyl (C=O) groups excluding carboxylic acids is 2. The van der Waals surface area contributed by atoms with Gasteiger partial charge in [-0.2, -0.15) is 0 Å². The lowest BCUT2D eigenvalue weighted by molar-refractivity contribution is 0.0318. The molecule has 6 nitrogen and oxygen atoms in total. The summed E-state index contributed by atoms with van der Waals surface area (Å²) in [5, 5.41) is 2.93. The van der Waals surface area contributed by atoms with E-state index in [-0.39, 0.29) is 5.78 Å². The molecule has 0 bridgehead atoms. The number of aryl methyl sites for hydroxylation is 1. The molecule has 0 amide bonds. The molecule has 7 heteroatoms. The Morgan fingerprint density at radius 3 is 2.21 bits per heavy atom. The van der Waals surface area contributed by atoms with Gasteiger partial charge in [-0.1, -0.05) is 0 Å². The van der Waals surface area contributed by atoms with Gasteiger partial charge in [0, 0.05) is 10.9 Å². The molecule has 3 aromatic rings. The summed E-state index contributed by atoms with van der Waals surface area (Å²) in [7, 11) is 1.55. The Morgan fingerprint density at radius 2 is 1.62 bits per heavy atom. The number of nitrogens with zero attached hydrogens (tertiary/aromatic N) is 1. The summed E-state index contributed by atoms with van der Waals surface area (Å²) < 4.78 is 16.1. The number of hydrogen-bond donors (Lipinski definition) is 0. The molecular weight excluding hydrogens is 390 g/mol. The lowest BCUT2D eigenvalue weighted by Crippen LogP contribution is -2.24. The number of benzene rings is 2. The zero-order chi connectivity index (χ0) is 20.8. The van der Waals surface area contributed by atoms with Crippen LogP contribution in [0.1, 0.15) is 38.3 Å². The van der Waals surface area contributed by atoms with Crippen molar-refractivity contribution in [3.05, 3.63) is 75.7 Å². The minimum atomic E-state index is -0.903. The van der Waals surface area contributed by atoms with E-state index in [4.69, 9.17) is 14.2 Å². The zero-order valence-electron chi connectivity index (χ0n) is 16.4. The van der Waals surface area contributed by atoms with Crippen molar-refractivity contribution >= 4 is 23.1 Å². The van der Waals surface area contributed by atoms with Crippen LogP contribution in [0.2, 0.25) is 0 Å². The van der Waals surface area contributed by atoms with Gasteiger partial charge in [-0.25, -0.2) is 9.78 Å². The SMILES string of the molecule is COc1ccc(C(=O)[C@H](C)OC(=O)c2ccc(OCc3csc(C)n3)cc2)cc1. The third-order valence-corrected chi connectivity index (χ3v) is 4.99. The number of thiazole rings is 1. The molecule has 0 radical (unpaired) electrons. The average molecular weight is 411 g/mol. The maximum absolute atomic E-state index is 12.4. The van der Waals surface area contributed by atoms with Gasteiger partial charge in [-0.3, -0.25) is 4.79 Å². The van der Waals surface area contributed by atoms with Crippen LogP contribution >= 0.6 is 11.3 Å². The third kappa shape index (κ3) is 5.42. The number of carbonyl (C=O) groups is 2. The molecule has 0 unspecified atom stereocenters. The predicted octanol–water partition coefficient (Wildman–Crippen LogP) is 4.47. The Hall–Kier alpha value is -3.19. The molecule has 0 aliphatic heterocycles. The quantitative estimate of drug-likeness (QED) is 0.402. The highest BCUT2D eigenvalue weighted by Gasteiger charge is 2.20. The molecule has 0 fully saturated rings. The minimum absolute atomic E-state index is 0.278. The van der Waals surface area contributed by atoms with Gasteiger partial charge in [0.05, 0.1) is 23.4 Å². The van der Waals surface area contributed by atoms with Crippen molar-refractivity contribution in [1.29, 1.82) is 0 Å². The van der Waals surface area contributed by atoms with E-state index in [0.717, 1.165) is 10.7 Å². The van der Waals surface area contributed by atoms with E-state index in [9.17, 15) is 9.59 Å². The molecule has 1 atom stereocenters. The van der Waals surface area contributed by atoms with Gasteiger partial charge in [0.1, 0.15) is 18.1 Å². The molecule has 0 saturated carbocycles. The first-order chi connectivity index (χ1) is 14.0. The monoisotopic (exact) mass is 411 g/mol. The molecule has 0 aliphatic carbocycles. The Balaban J connectivity index is 1.55. The second-order valence-corrected chi connectivity index (χ2v) is 7.37. The van der Waals surface area contributed by atoms with Gasteiger partial charge in [0.2, 0.25) is 5.78 Å². The molecular formula is C22H21NO5S. The van der Waals surface area contributed by atoms with E-state index in [1.54, 1.807) is 73.9 Å². The summed E-state index contributed by atoms with van der Waals surface area (Å²) in [6.45, 7) is 3.86. The van der Waals surface area contributed by atoms with Crippen LogP contribution in [0.4, 0.5) is 0 Å². The topological polar surface area (TPSA) is 74.7 Å². The summed E-state index contributed by atoms with van der Waals surface area (Å²) in [6.07, 6.45) is -0.903. The Bertz CT molecular complexity index is 979. The van der Waals surface area contributed by atoms with E-state index >= 15 is 0 Å². The molecule has 0 saturated heterocycles. The standard InChI is InChI=1S/C22H21NO5S/c1-14(21(24)16-4-8-19(26-3)9-5-16)28-22(25)17-6-10-20(11-7-17)27-12-18-13-29-15(2)23-18/h4-11,13-14H,12H2,1-3H3/t14-/m0/s1. The molecule has 150 valence electrons. The van der Waals surface area contributed by atoms with Crippen molar-refractivity contribution in [3.8, 4) is 11.5 Å². The van der Waals surface area contributed by atoms with Gasteiger partial charge in [0.25, 0.3) is 0 Å². The first kappa shape index (κ1) is 20.5. The van der Waals surface area contributed by atoms with Crippen LogP contribution in [0.25, 0.3) is 0 Å². The van der Waals surface area contributed by atoms with Gasteiger partial charge in [-0.05, 0) is 62.4 Å². The van der Waals surface area contributed by atoms with E-state index in [0.29, 0.717) is 29.2 Å². The molecule has 1 heterocycles. The number of rotatable bonds is 8. The van der Waals surface area contributed by atoms with Crippen molar-refractivity contribution in [2.24, 2.45) is 0 Å². The summed E-state index contributed by atoms with van der Waals surface area (Å²) in [6, 6.07) is 13.2. The van der Waals surface area contributed by atoms with Crippen molar-refractivity contribution in [2.45, 2.75) is 26.6 Å². The third-order valence-electron chi connectivity index (χ3n) is 4.17. The minimum Gasteiger partial charge on any atom is -0.497 e. The van der Waals surface area contributed by atoms with Crippen molar-refractivity contribution in [2.75, 3.05) is 7.11 Å². The highest BCUT2D eigenvalue weighted by Crippen LogP contribution is 2.18. The lowest BCUT2D eigenvalue weighted by Gasteiger charge is -2.13. The van der Waals surface area contributed by atoms with Crippen molar-refractivity contribution in [3.63, 3.8) is 0 Å². The second-order valence-electron chi connectivity index (χ2n) is 6.31. The number of ether oxygens (including phenoxy) is 3. The molecule has 0 aliphatic rings. The van der Waals surface area contributed by atoms with Crippen LogP contribution in [0, 0.1) is 6.92 Å². The van der Waals surface area contributed by atoms with Gasteiger partial charge in [-0.15, -0.1) is 11.3 Å². The predicted molar refractivity (Wildman–Crippen MR) is 110 cm³/mol. The Morgan fingerprint density at radius 1 is 1.00 bits per heavy atom. The van der Waals surface area contributed by atoms with Crippen molar-refractivity contribution in [1.82, 2.24) is 4.98 Å². The first-order valence-electron chi connectivity index (χ1n) is 8.99. The number of aromatic nitrogens is 1. The Labute approximate surface area is 173 Å². The highest BCUT2D eigenvalue weighted by molar-refractivity contribution is 7.09. The van der Waals surface area contributed by atoms with Gasteiger partial charge >= 0.3 is 5.97 Å². The number of ketones is 1. The van der Waals surface area contributed by atoms with Gasteiger partial charge < -0.3 is 14.2 Å². The molecule has 3 rings (SSSR count). The van der Waals surface area contributed by atoms with Gasteiger partial charge in [0.15, 0.2) is 6.10 Å². The molecule has 29 heavy (non-hydrogen) atoms. The van der Waals surface area contributed by atoms with Crippen LogP contribution in [0.3, 0.4) is 0 Å². The molecule has 0 N–H and O–H groups in total. The normalized spacial score (nSPS) is 11.6. The smallest absolute Gasteiger partial charge is 0.338 e. The van der Waals surface area contributed by atoms with Crippen molar-refractivity contribution < 1.29 is 23.8 Å². The average Bonchev–Trinajstić information content (AvgIpc) is 3.17. The number of Topliss-reactive ketones (excluding diaryl/α,β-unsaturated/α-hetero) is 1. The lowest BCUT2D eigenvalue weighted by atomic mass is 10.1. The molecule has 1 aromatic heterocycles. The van der Waals surface area contributed by atoms with Crippen LogP contribution in [-0.2, 0) is 11.3 Å². The summed E-state index contributed by atoms with van der Waals surface area (Å²) in [4.78, 5) is 29.1. The highest BCUT2D eigenvalue weighted by atomic mass is 32.1. The van der Waals surface area contributed by atoms with Crippen LogP contribution < -0.4 is 9.47 Å². The molecule has 0 spiro atoms. The second kappa shape index (κ2) is 9.34. The maximum atomic E-state index is 12.4. The molecule has 2 aromatic carbocycles. The fraction of sp³-hybridized carbons (Fsp3) is 0.227. The largest absolute Gasteiger partial charge is 0.497 e. The fourth-order valence-electron chi connectivity index (χ4n) is 2.59. The van der Waals surface area contributed by atoms with E-state index in [2.05, 4.69) is 4.98 Å². The number of hydrogen-bond acceptors (Lipinski definition) is 7. The number of methoxy groups -OCH3 is 1. The van der Waals surface area contributed by atoms with E-state index in [1.165, 1.54) is 0 Å². The van der Waals surface area contributed by atoms with Crippen LogP contribution in [0.5, 0.6) is 11.5 Å². The number of esters is 1.